The maximum atomic E-state index is 5.93. The minimum atomic E-state index is 0.235. The minimum absolute atomic E-state index is 0.235. The van der Waals surface area contributed by atoms with Gasteiger partial charge in [0, 0.05) is 5.69 Å². The highest BCUT2D eigenvalue weighted by Gasteiger charge is 2.03. The van der Waals surface area contributed by atoms with E-state index < -0.39 is 0 Å². The standard InChI is InChI=1S/C14H13Cl2N5OS2/c1-8(12-3-2-6-22-12)18-20-14(24)21-19-13(23)17-9-4-5-10(15)11(16)7-9/h2-7H,1H3,(H2,17,19,23)(H2,20,21,24). The van der Waals surface area contributed by atoms with Gasteiger partial charge < -0.3 is 9.73 Å². The first-order valence-electron chi connectivity index (χ1n) is 6.62. The molecule has 2 rings (SSSR count). The molecule has 1 heterocycles. The Hall–Kier alpha value is -1.87. The summed E-state index contributed by atoms with van der Waals surface area (Å²) < 4.78 is 5.21. The Kier molecular flexibility index (Phi) is 6.80. The van der Waals surface area contributed by atoms with Crippen molar-refractivity contribution in [2.24, 2.45) is 5.10 Å². The van der Waals surface area contributed by atoms with Gasteiger partial charge in [-0.05, 0) is 61.7 Å². The second kappa shape index (κ2) is 8.84. The lowest BCUT2D eigenvalue weighted by atomic mass is 10.3. The van der Waals surface area contributed by atoms with Gasteiger partial charge in [0.25, 0.3) is 0 Å². The Bertz CT molecular complexity index is 765. The molecule has 0 spiro atoms. The van der Waals surface area contributed by atoms with Gasteiger partial charge in [0.05, 0.1) is 16.3 Å². The van der Waals surface area contributed by atoms with Gasteiger partial charge >= 0.3 is 0 Å². The molecule has 2 aromatic rings. The summed E-state index contributed by atoms with van der Waals surface area (Å²) in [6.45, 7) is 1.79. The fourth-order valence-electron chi connectivity index (χ4n) is 1.55. The molecule has 10 heteroatoms. The van der Waals surface area contributed by atoms with Crippen LogP contribution in [0.5, 0.6) is 0 Å². The van der Waals surface area contributed by atoms with E-state index in [4.69, 9.17) is 52.1 Å². The fraction of sp³-hybridized carbons (Fsp3) is 0.0714. The summed E-state index contributed by atoms with van der Waals surface area (Å²) >= 11 is 22.0. The number of nitrogens with zero attached hydrogens (tertiary/aromatic N) is 1. The number of hydrogen-bond donors (Lipinski definition) is 4. The molecule has 4 N–H and O–H groups in total. The van der Waals surface area contributed by atoms with Gasteiger partial charge in [0.15, 0.2) is 5.11 Å². The topological polar surface area (TPSA) is 73.6 Å². The number of halogens is 2. The number of nitrogens with one attached hydrogen (secondary N) is 4. The number of hydrogen-bond acceptors (Lipinski definition) is 4. The van der Waals surface area contributed by atoms with Crippen molar-refractivity contribution in [3.8, 4) is 0 Å². The van der Waals surface area contributed by atoms with E-state index in [-0.39, 0.29) is 5.11 Å². The third-order valence-corrected chi connectivity index (χ3v) is 3.81. The minimum Gasteiger partial charge on any atom is -0.463 e. The SMILES string of the molecule is CC(=NNC(=S)NNC(=S)Nc1ccc(Cl)c(Cl)c1)c1ccco1. The molecular weight excluding hydrogens is 389 g/mol. The Morgan fingerprint density at radius 1 is 1.08 bits per heavy atom. The van der Waals surface area contributed by atoms with E-state index in [2.05, 4.69) is 26.7 Å². The summed E-state index contributed by atoms with van der Waals surface area (Å²) in [5, 5.41) is 8.44. The molecule has 1 aromatic carbocycles. The van der Waals surface area contributed by atoms with E-state index in [1.54, 1.807) is 43.5 Å². The number of hydrazone groups is 1. The quantitative estimate of drug-likeness (QED) is 0.355. The average molecular weight is 402 g/mol. The molecule has 0 bridgehead atoms. The molecule has 0 radical (unpaired) electrons. The van der Waals surface area contributed by atoms with Gasteiger partial charge in [-0.3, -0.25) is 16.3 Å². The van der Waals surface area contributed by atoms with Crippen LogP contribution in [-0.2, 0) is 0 Å². The largest absolute Gasteiger partial charge is 0.463 e. The van der Waals surface area contributed by atoms with Crippen LogP contribution in [-0.4, -0.2) is 15.9 Å². The van der Waals surface area contributed by atoms with Gasteiger partial charge in [-0.2, -0.15) is 5.10 Å². The normalized spacial score (nSPS) is 10.9. The van der Waals surface area contributed by atoms with Crippen molar-refractivity contribution in [1.82, 2.24) is 16.3 Å². The lowest BCUT2D eigenvalue weighted by molar-refractivity contribution is 0.556. The number of furan rings is 1. The highest BCUT2D eigenvalue weighted by atomic mass is 35.5. The van der Waals surface area contributed by atoms with Gasteiger partial charge in [-0.15, -0.1) is 0 Å². The molecule has 0 fully saturated rings. The molecule has 0 aliphatic rings. The van der Waals surface area contributed by atoms with Crippen molar-refractivity contribution in [1.29, 1.82) is 0 Å². The first kappa shape index (κ1) is 18.5. The smallest absolute Gasteiger partial charge is 0.205 e. The van der Waals surface area contributed by atoms with Crippen LogP contribution >= 0.6 is 47.6 Å². The Labute approximate surface area is 159 Å². The highest BCUT2D eigenvalue weighted by Crippen LogP contribution is 2.24. The monoisotopic (exact) mass is 401 g/mol. The third kappa shape index (κ3) is 5.64. The van der Waals surface area contributed by atoms with Gasteiger partial charge in [0.1, 0.15) is 11.5 Å². The molecule has 0 unspecified atom stereocenters. The Morgan fingerprint density at radius 3 is 2.50 bits per heavy atom. The second-order valence-electron chi connectivity index (χ2n) is 4.45. The van der Waals surface area contributed by atoms with Crippen molar-refractivity contribution < 1.29 is 4.42 Å². The van der Waals surface area contributed by atoms with E-state index >= 15 is 0 Å². The molecule has 126 valence electrons. The molecule has 1 aromatic heterocycles. The van der Waals surface area contributed by atoms with Crippen molar-refractivity contribution >= 4 is 69.3 Å². The molecule has 0 aliphatic carbocycles. The van der Waals surface area contributed by atoms with Crippen LogP contribution in [0.15, 0.2) is 46.1 Å². The predicted octanol–water partition coefficient (Wildman–Crippen LogP) is 3.68. The van der Waals surface area contributed by atoms with Crippen LogP contribution in [0.3, 0.4) is 0 Å². The zero-order chi connectivity index (χ0) is 17.5. The van der Waals surface area contributed by atoms with Crippen LogP contribution in [0.25, 0.3) is 0 Å². The van der Waals surface area contributed by atoms with E-state index in [0.717, 1.165) is 0 Å². The highest BCUT2D eigenvalue weighted by molar-refractivity contribution is 7.80. The third-order valence-electron chi connectivity index (χ3n) is 2.67. The molecule has 0 aliphatic heterocycles. The number of anilines is 1. The van der Waals surface area contributed by atoms with Crippen molar-refractivity contribution in [3.63, 3.8) is 0 Å². The van der Waals surface area contributed by atoms with E-state index in [1.807, 2.05) is 0 Å². The van der Waals surface area contributed by atoms with Gasteiger partial charge in [-0.25, -0.2) is 0 Å². The molecule has 6 nitrogen and oxygen atoms in total. The summed E-state index contributed by atoms with van der Waals surface area (Å²) in [5.74, 6) is 0.648. The zero-order valence-electron chi connectivity index (χ0n) is 12.4. The molecule has 0 saturated heterocycles. The van der Waals surface area contributed by atoms with E-state index in [0.29, 0.717) is 32.3 Å². The Balaban J connectivity index is 1.77. The van der Waals surface area contributed by atoms with E-state index in [9.17, 15) is 0 Å². The summed E-state index contributed by atoms with van der Waals surface area (Å²) in [6.07, 6.45) is 1.57. The lowest BCUT2D eigenvalue weighted by Gasteiger charge is -2.13. The van der Waals surface area contributed by atoms with E-state index in [1.165, 1.54) is 0 Å². The number of hydrazine groups is 1. The molecule has 0 saturated carbocycles. The van der Waals surface area contributed by atoms with Gasteiger partial charge in [0.2, 0.25) is 5.11 Å². The summed E-state index contributed by atoms with van der Waals surface area (Å²) in [6, 6.07) is 8.65. The first-order chi connectivity index (χ1) is 11.5. The maximum Gasteiger partial charge on any atom is 0.205 e. The summed E-state index contributed by atoms with van der Waals surface area (Å²) in [4.78, 5) is 0. The van der Waals surface area contributed by atoms with Gasteiger partial charge in [-0.1, -0.05) is 23.2 Å². The lowest BCUT2D eigenvalue weighted by Crippen LogP contribution is -2.47. The van der Waals surface area contributed by atoms with Crippen molar-refractivity contribution in [2.45, 2.75) is 6.92 Å². The van der Waals surface area contributed by atoms with Crippen LogP contribution in [0, 0.1) is 0 Å². The number of benzene rings is 1. The second-order valence-corrected chi connectivity index (χ2v) is 6.08. The molecule has 0 amide bonds. The van der Waals surface area contributed by atoms with Crippen molar-refractivity contribution in [3.05, 3.63) is 52.4 Å². The van der Waals surface area contributed by atoms with Crippen LogP contribution in [0.1, 0.15) is 12.7 Å². The summed E-state index contributed by atoms with van der Waals surface area (Å²) in [5.41, 5.74) is 9.43. The van der Waals surface area contributed by atoms with Crippen molar-refractivity contribution in [2.75, 3.05) is 5.32 Å². The fourth-order valence-corrected chi connectivity index (χ4v) is 2.12. The van der Waals surface area contributed by atoms with Crippen LogP contribution in [0.4, 0.5) is 5.69 Å². The maximum absolute atomic E-state index is 5.93. The predicted molar refractivity (Wildman–Crippen MR) is 106 cm³/mol. The van der Waals surface area contributed by atoms with Crippen LogP contribution in [0.2, 0.25) is 10.0 Å². The first-order valence-corrected chi connectivity index (χ1v) is 8.19. The number of rotatable bonds is 3. The summed E-state index contributed by atoms with van der Waals surface area (Å²) in [7, 11) is 0. The Morgan fingerprint density at radius 2 is 1.83 bits per heavy atom. The number of thiocarbonyl (C=S) groups is 2. The average Bonchev–Trinajstić information content (AvgIpc) is 3.08. The molecular formula is C14H13Cl2N5OS2. The van der Waals surface area contributed by atoms with Crippen LogP contribution < -0.4 is 21.6 Å². The zero-order valence-corrected chi connectivity index (χ0v) is 15.5. The molecule has 24 heavy (non-hydrogen) atoms. The molecule has 0 atom stereocenters.